The third-order valence-corrected chi connectivity index (χ3v) is 3.65. The van der Waals surface area contributed by atoms with E-state index in [1.54, 1.807) is 0 Å². The van der Waals surface area contributed by atoms with Gasteiger partial charge >= 0.3 is 0 Å². The van der Waals surface area contributed by atoms with E-state index in [4.69, 9.17) is 4.74 Å². The van der Waals surface area contributed by atoms with Gasteiger partial charge in [-0.25, -0.2) is 0 Å². The van der Waals surface area contributed by atoms with Crippen LogP contribution >= 0.6 is 0 Å². The van der Waals surface area contributed by atoms with Crippen LogP contribution in [0.5, 0.6) is 0 Å². The SMILES string of the molecule is C=C(C)[C@H]1CCC(C)C2(CO2)C1. The van der Waals surface area contributed by atoms with Crippen molar-refractivity contribution >= 4 is 0 Å². The van der Waals surface area contributed by atoms with Crippen LogP contribution in [-0.2, 0) is 4.74 Å². The highest BCUT2D eigenvalue weighted by atomic mass is 16.6. The minimum Gasteiger partial charge on any atom is -0.369 e. The zero-order chi connectivity index (χ0) is 8.77. The molecule has 0 amide bonds. The Morgan fingerprint density at radius 3 is 2.67 bits per heavy atom. The minimum absolute atomic E-state index is 0.280. The Morgan fingerprint density at radius 2 is 2.17 bits per heavy atom. The van der Waals surface area contributed by atoms with Gasteiger partial charge < -0.3 is 4.74 Å². The Bertz CT molecular complexity index is 203. The molecule has 0 bridgehead atoms. The topological polar surface area (TPSA) is 12.5 Å². The Hall–Kier alpha value is -0.300. The van der Waals surface area contributed by atoms with E-state index in [9.17, 15) is 0 Å². The maximum atomic E-state index is 5.59. The molecule has 1 saturated carbocycles. The van der Waals surface area contributed by atoms with Crippen LogP contribution in [0.4, 0.5) is 0 Å². The van der Waals surface area contributed by atoms with E-state index in [0.29, 0.717) is 0 Å². The molecule has 1 saturated heterocycles. The van der Waals surface area contributed by atoms with Crippen molar-refractivity contribution < 1.29 is 4.74 Å². The van der Waals surface area contributed by atoms with Crippen LogP contribution in [0.3, 0.4) is 0 Å². The van der Waals surface area contributed by atoms with Crippen LogP contribution in [0.15, 0.2) is 12.2 Å². The lowest BCUT2D eigenvalue weighted by molar-refractivity contribution is 0.144. The molecule has 12 heavy (non-hydrogen) atoms. The Kier molecular flexibility index (Phi) is 1.80. The van der Waals surface area contributed by atoms with Crippen molar-refractivity contribution in [1.29, 1.82) is 0 Å². The van der Waals surface area contributed by atoms with Gasteiger partial charge in [-0.05, 0) is 38.0 Å². The van der Waals surface area contributed by atoms with Crippen molar-refractivity contribution in [1.82, 2.24) is 0 Å². The van der Waals surface area contributed by atoms with Crippen LogP contribution in [0.2, 0.25) is 0 Å². The fourth-order valence-corrected chi connectivity index (χ4v) is 2.35. The van der Waals surface area contributed by atoms with Crippen LogP contribution in [0.25, 0.3) is 0 Å². The molecule has 1 nitrogen and oxygen atoms in total. The first-order valence-corrected chi connectivity index (χ1v) is 4.93. The van der Waals surface area contributed by atoms with E-state index in [-0.39, 0.29) is 5.60 Å². The molecule has 2 rings (SSSR count). The summed E-state index contributed by atoms with van der Waals surface area (Å²) in [6, 6.07) is 0. The summed E-state index contributed by atoms with van der Waals surface area (Å²) in [6.45, 7) is 9.51. The van der Waals surface area contributed by atoms with E-state index in [0.717, 1.165) is 18.4 Å². The van der Waals surface area contributed by atoms with Crippen LogP contribution in [-0.4, -0.2) is 12.2 Å². The molecule has 68 valence electrons. The molecule has 2 fully saturated rings. The van der Waals surface area contributed by atoms with Gasteiger partial charge in [-0.3, -0.25) is 0 Å². The highest BCUT2D eigenvalue weighted by Gasteiger charge is 2.52. The number of allylic oxidation sites excluding steroid dienone is 1. The molecule has 0 aromatic rings. The van der Waals surface area contributed by atoms with Gasteiger partial charge in [0.15, 0.2) is 0 Å². The average Bonchev–Trinajstić information content (AvgIpc) is 2.76. The van der Waals surface area contributed by atoms with E-state index >= 15 is 0 Å². The van der Waals surface area contributed by atoms with Gasteiger partial charge in [0.05, 0.1) is 12.2 Å². The summed E-state index contributed by atoms with van der Waals surface area (Å²) in [7, 11) is 0. The minimum atomic E-state index is 0.280. The molecule has 0 aromatic heterocycles. The second-order valence-electron chi connectivity index (χ2n) is 4.58. The van der Waals surface area contributed by atoms with E-state index in [1.165, 1.54) is 24.8 Å². The number of hydrogen-bond donors (Lipinski definition) is 0. The molecular weight excluding hydrogens is 148 g/mol. The number of hydrogen-bond acceptors (Lipinski definition) is 1. The van der Waals surface area contributed by atoms with Crippen molar-refractivity contribution in [3.8, 4) is 0 Å². The first kappa shape index (κ1) is 8.31. The summed E-state index contributed by atoms with van der Waals surface area (Å²) in [5, 5.41) is 0. The first-order valence-electron chi connectivity index (χ1n) is 4.93. The molecule has 1 heterocycles. The van der Waals surface area contributed by atoms with Gasteiger partial charge in [0.2, 0.25) is 0 Å². The predicted octanol–water partition coefficient (Wildman–Crippen LogP) is 2.77. The molecule has 1 spiro atoms. The molecule has 0 aromatic carbocycles. The smallest absolute Gasteiger partial charge is 0.0947 e. The second kappa shape index (κ2) is 2.59. The third kappa shape index (κ3) is 1.20. The summed E-state index contributed by atoms with van der Waals surface area (Å²) < 4.78 is 5.59. The van der Waals surface area contributed by atoms with Gasteiger partial charge in [-0.15, -0.1) is 0 Å². The molecule has 1 aliphatic carbocycles. The maximum absolute atomic E-state index is 5.59. The van der Waals surface area contributed by atoms with Gasteiger partial charge in [0.1, 0.15) is 0 Å². The normalized spacial score (nSPS) is 46.2. The fraction of sp³-hybridized carbons (Fsp3) is 0.818. The van der Waals surface area contributed by atoms with Crippen molar-refractivity contribution in [3.05, 3.63) is 12.2 Å². The van der Waals surface area contributed by atoms with E-state index in [1.807, 2.05) is 0 Å². The van der Waals surface area contributed by atoms with E-state index in [2.05, 4.69) is 20.4 Å². The van der Waals surface area contributed by atoms with Crippen LogP contribution < -0.4 is 0 Å². The number of ether oxygens (including phenoxy) is 1. The lowest BCUT2D eigenvalue weighted by Crippen LogP contribution is -2.31. The highest BCUT2D eigenvalue weighted by molar-refractivity contribution is 5.08. The van der Waals surface area contributed by atoms with Crippen molar-refractivity contribution in [2.24, 2.45) is 11.8 Å². The number of rotatable bonds is 1. The molecule has 1 aliphatic heterocycles. The number of epoxide rings is 1. The Labute approximate surface area is 74.8 Å². The molecule has 0 radical (unpaired) electrons. The van der Waals surface area contributed by atoms with E-state index < -0.39 is 0 Å². The zero-order valence-corrected chi connectivity index (χ0v) is 8.10. The van der Waals surface area contributed by atoms with Crippen molar-refractivity contribution in [2.45, 2.75) is 38.7 Å². The standard InChI is InChI=1S/C11H18O/c1-8(2)10-5-4-9(3)11(6-10)7-12-11/h9-10H,1,4-7H2,2-3H3/t9?,10-,11?/m0/s1. The largest absolute Gasteiger partial charge is 0.369 e. The third-order valence-electron chi connectivity index (χ3n) is 3.65. The summed E-state index contributed by atoms with van der Waals surface area (Å²) in [6.07, 6.45) is 3.86. The lowest BCUT2D eigenvalue weighted by atomic mass is 9.73. The highest BCUT2D eigenvalue weighted by Crippen LogP contribution is 2.49. The van der Waals surface area contributed by atoms with Gasteiger partial charge in [-0.2, -0.15) is 0 Å². The Balaban J connectivity index is 2.03. The predicted molar refractivity (Wildman–Crippen MR) is 50.0 cm³/mol. The molecular formula is C11H18O. The summed E-state index contributed by atoms with van der Waals surface area (Å²) in [5.41, 5.74) is 1.62. The molecule has 2 aliphatic rings. The van der Waals surface area contributed by atoms with Crippen LogP contribution in [0, 0.1) is 11.8 Å². The lowest BCUT2D eigenvalue weighted by Gasteiger charge is -2.32. The summed E-state index contributed by atoms with van der Waals surface area (Å²) >= 11 is 0. The molecule has 3 atom stereocenters. The summed E-state index contributed by atoms with van der Waals surface area (Å²) in [5.74, 6) is 1.50. The monoisotopic (exact) mass is 166 g/mol. The van der Waals surface area contributed by atoms with Crippen LogP contribution in [0.1, 0.15) is 33.1 Å². The Morgan fingerprint density at radius 1 is 1.50 bits per heavy atom. The fourth-order valence-electron chi connectivity index (χ4n) is 2.35. The second-order valence-corrected chi connectivity index (χ2v) is 4.58. The summed E-state index contributed by atoms with van der Waals surface area (Å²) in [4.78, 5) is 0. The molecule has 0 N–H and O–H groups in total. The first-order chi connectivity index (χ1) is 5.64. The maximum Gasteiger partial charge on any atom is 0.0947 e. The van der Waals surface area contributed by atoms with Gasteiger partial charge in [-0.1, -0.05) is 19.1 Å². The van der Waals surface area contributed by atoms with Crippen molar-refractivity contribution in [2.75, 3.05) is 6.61 Å². The van der Waals surface area contributed by atoms with Gasteiger partial charge in [0, 0.05) is 0 Å². The average molecular weight is 166 g/mol. The molecule has 2 unspecified atom stereocenters. The quantitative estimate of drug-likeness (QED) is 0.431. The van der Waals surface area contributed by atoms with Crippen molar-refractivity contribution in [3.63, 3.8) is 0 Å². The zero-order valence-electron chi connectivity index (χ0n) is 8.10. The molecule has 1 heteroatoms. The van der Waals surface area contributed by atoms with Gasteiger partial charge in [0.25, 0.3) is 0 Å².